The Labute approximate surface area is 545 Å². The molecule has 4 aromatic carbocycles. The third-order valence-electron chi connectivity index (χ3n) is 15.3. The summed E-state index contributed by atoms with van der Waals surface area (Å²) in [5.41, 5.74) is 4.74. The fraction of sp³-hybridized carbons (Fsp3) is 0.364. The molecule has 6 heterocycles. The van der Waals surface area contributed by atoms with Crippen LogP contribution in [-0.2, 0) is 73.0 Å². The third kappa shape index (κ3) is 17.3. The Balaban J connectivity index is 0.000000215. The van der Waals surface area contributed by atoms with E-state index in [0.29, 0.717) is 42.8 Å². The summed E-state index contributed by atoms with van der Waals surface area (Å²) in [6.45, 7) is 13.1. The maximum Gasteiger partial charge on any atom is 0.415 e. The van der Waals surface area contributed by atoms with Gasteiger partial charge in [0.05, 0.1) is 59.4 Å². The van der Waals surface area contributed by atoms with Crippen molar-refractivity contribution in [3.05, 3.63) is 174 Å². The van der Waals surface area contributed by atoms with Crippen LogP contribution in [0.25, 0.3) is 17.2 Å². The molecule has 2 fully saturated rings. The lowest BCUT2D eigenvalue weighted by Gasteiger charge is -2.23. The van der Waals surface area contributed by atoms with Crippen LogP contribution < -0.4 is 9.21 Å². The number of amides is 3. The normalized spacial score (nSPS) is 16.4. The minimum absolute atomic E-state index is 0. The number of nitrogens with zero attached hydrogens (tertiary/aromatic N) is 9. The van der Waals surface area contributed by atoms with E-state index in [9.17, 15) is 45.6 Å². The molecule has 0 spiro atoms. The number of aromatic nitrogens is 5. The average molecular weight is 1360 g/mol. The minimum atomic E-state index is -3.96. The topological polar surface area (TPSA) is 277 Å². The Bertz CT molecular complexity index is 3970. The first-order valence-electron chi connectivity index (χ1n) is 29.5. The highest BCUT2D eigenvalue weighted by molar-refractivity contribution is 9.09. The summed E-state index contributed by atoms with van der Waals surface area (Å²) < 4.78 is 75.0. The number of halogens is 1. The smallest absolute Gasteiger partial charge is 0.415 e. The van der Waals surface area contributed by atoms with Gasteiger partial charge in [-0.2, -0.15) is 18.4 Å². The van der Waals surface area contributed by atoms with Gasteiger partial charge in [0.1, 0.15) is 24.5 Å². The van der Waals surface area contributed by atoms with Gasteiger partial charge in [-0.05, 0) is 85.3 Å². The molecule has 3 aromatic heterocycles. The fourth-order valence-corrected chi connectivity index (χ4v) is 13.3. The molecule has 7 aromatic rings. The van der Waals surface area contributed by atoms with E-state index in [4.69, 9.17) is 18.9 Å². The summed E-state index contributed by atoms with van der Waals surface area (Å²) in [5.74, 6) is -0.813. The van der Waals surface area contributed by atoms with Crippen molar-refractivity contribution in [3.8, 4) is 0 Å². The molecular formula is C66H75BrN9O14S2+. The Morgan fingerprint density at radius 1 is 0.620 bits per heavy atom. The standard InChI is InChI=1S/C32H35N5O7S.C17H16N3O4S.C16H20BrNO3.CH4/c1-4-24-18-35(31(39)44-21-23-9-7-6-8-10-23)19-26(24)28(38)20-36(32(40)43-5-2)29-17-33-30-27(34-29)15-16-37(30)45(41,42)25-13-11-22(3)12-14-25;1-3-24-16(21)10-13-11-18-17-15(19-13)8-9-20(17)25(22,23)14-6-4-12(2)5-7-14;1-2-13-9-18(10-14(13)15(19)8-17)16(20)21-11-12-6-4-3-5-7-12;/h6-17,24,26H,4-5,18-21H2,1-3H3;4-8,11H,3,10H2,1-2H3;3-7,13-14H,2,8-11H2,1H3;1H4/q;+1;;/t24-,26+;;13-,14+;/m1.1./s1. The number of carbonyl (C=O) groups is 6. The van der Waals surface area contributed by atoms with Gasteiger partial charge in [0, 0.05) is 44.2 Å². The van der Waals surface area contributed by atoms with Crippen molar-refractivity contribution in [3.63, 3.8) is 0 Å². The number of sulfonamides is 1. The number of fused-ring (bicyclic) bond motifs is 2. The summed E-state index contributed by atoms with van der Waals surface area (Å²) in [7, 11) is -7.77. The maximum atomic E-state index is 13.7. The molecule has 0 aliphatic carbocycles. The number of benzene rings is 4. The molecule has 0 bridgehead atoms. The van der Waals surface area contributed by atoms with Crippen LogP contribution in [0.4, 0.5) is 26.0 Å². The minimum Gasteiger partial charge on any atom is -0.466 e. The number of ketones is 2. The predicted molar refractivity (Wildman–Crippen MR) is 348 cm³/mol. The zero-order chi connectivity index (χ0) is 65.4. The molecule has 92 heavy (non-hydrogen) atoms. The average Bonchev–Trinajstić information content (AvgIpc) is 1.56. The lowest BCUT2D eigenvalue weighted by atomic mass is 9.90. The van der Waals surface area contributed by atoms with Crippen LogP contribution in [0.3, 0.4) is 0 Å². The van der Waals surface area contributed by atoms with E-state index in [0.717, 1.165) is 41.9 Å². The maximum absolute atomic E-state index is 13.7. The van der Waals surface area contributed by atoms with E-state index in [1.165, 1.54) is 59.9 Å². The van der Waals surface area contributed by atoms with Gasteiger partial charge in [0.2, 0.25) is 0 Å². The fourth-order valence-electron chi connectivity index (χ4n) is 10.4. The van der Waals surface area contributed by atoms with Crippen molar-refractivity contribution in [2.75, 3.05) is 60.5 Å². The van der Waals surface area contributed by atoms with Gasteiger partial charge >= 0.3 is 30.1 Å². The van der Waals surface area contributed by atoms with E-state index in [-0.39, 0.29) is 121 Å². The molecule has 486 valence electrons. The second-order valence-corrected chi connectivity index (χ2v) is 25.7. The molecule has 3 amide bonds. The number of hydrogen-bond donors (Lipinski definition) is 0. The molecule has 0 radical (unpaired) electrons. The van der Waals surface area contributed by atoms with Crippen molar-refractivity contribution in [2.24, 2.45) is 23.7 Å². The molecule has 26 heteroatoms. The predicted octanol–water partition coefficient (Wildman–Crippen LogP) is 10.6. The summed E-state index contributed by atoms with van der Waals surface area (Å²) in [5, 5.41) is 0.348. The Morgan fingerprint density at radius 3 is 1.65 bits per heavy atom. The van der Waals surface area contributed by atoms with Crippen molar-refractivity contribution in [1.82, 2.24) is 33.7 Å². The summed E-state index contributed by atoms with van der Waals surface area (Å²) in [6.07, 6.45) is 7.94. The van der Waals surface area contributed by atoms with E-state index in [1.807, 2.05) is 81.4 Å². The molecule has 4 atom stereocenters. The SMILES string of the molecule is C.CCOC(=O)Cc1cnc2c(n1)C=[C+]N2S(=O)(=O)c1ccc(C)cc1.CCOC(=O)N(CC(=O)[C@H]1CN(C(=O)OCc2ccccc2)C[C@H]1CC)c1cnc2c(ccn2S(=O)(=O)c2ccc(C)cc2)n1.CC[C@@H]1CN(C(=O)OCc2ccccc2)C[C@@H]1C(=O)CBr. The first kappa shape index (κ1) is 70.5. The molecule has 23 nitrogen and oxygen atoms in total. The summed E-state index contributed by atoms with van der Waals surface area (Å²) in [6, 6.07) is 33.4. The van der Waals surface area contributed by atoms with Crippen molar-refractivity contribution in [2.45, 2.75) is 91.2 Å². The van der Waals surface area contributed by atoms with Gasteiger partial charge in [0.15, 0.2) is 29.5 Å². The van der Waals surface area contributed by atoms with Crippen molar-refractivity contribution >= 4 is 101 Å². The van der Waals surface area contributed by atoms with Gasteiger partial charge in [-0.15, -0.1) is 0 Å². The molecule has 2 saturated heterocycles. The Kier molecular flexibility index (Phi) is 24.8. The number of hydrogen-bond acceptors (Lipinski definition) is 18. The highest BCUT2D eigenvalue weighted by Gasteiger charge is 2.43. The first-order chi connectivity index (χ1) is 43.7. The Morgan fingerprint density at radius 2 is 1.14 bits per heavy atom. The zero-order valence-electron chi connectivity index (χ0n) is 51.2. The van der Waals surface area contributed by atoms with Crippen LogP contribution in [0, 0.1) is 43.7 Å². The van der Waals surface area contributed by atoms with Crippen LogP contribution >= 0.6 is 15.9 Å². The van der Waals surface area contributed by atoms with Gasteiger partial charge in [0.25, 0.3) is 25.7 Å². The van der Waals surface area contributed by atoms with Gasteiger partial charge in [-0.3, -0.25) is 19.3 Å². The number of Topliss-reactive ketones (excluding diaryl/α,β-unsaturated/α-hetero) is 2. The molecule has 3 aliphatic rings. The number of rotatable bonds is 20. The first-order valence-corrected chi connectivity index (χ1v) is 33.6. The zero-order valence-corrected chi connectivity index (χ0v) is 54.4. The van der Waals surface area contributed by atoms with E-state index < -0.39 is 44.1 Å². The second kappa shape index (κ2) is 32.4. The van der Waals surface area contributed by atoms with E-state index >= 15 is 0 Å². The molecule has 0 saturated carbocycles. The van der Waals surface area contributed by atoms with Crippen LogP contribution in [-0.4, -0.2) is 138 Å². The number of carbonyl (C=O) groups excluding carboxylic acids is 6. The molecule has 10 rings (SSSR count). The van der Waals surface area contributed by atoms with E-state index in [1.54, 1.807) is 43.0 Å². The van der Waals surface area contributed by atoms with Gasteiger partial charge < -0.3 is 28.7 Å². The van der Waals surface area contributed by atoms with Crippen LogP contribution in [0.2, 0.25) is 0 Å². The highest BCUT2D eigenvalue weighted by atomic mass is 79.9. The lowest BCUT2D eigenvalue weighted by Crippen LogP contribution is -2.41. The number of esters is 1. The number of ether oxygens (including phenoxy) is 4. The van der Waals surface area contributed by atoms with Crippen molar-refractivity contribution < 1.29 is 64.6 Å². The quantitative estimate of drug-likeness (QED) is 0.0297. The highest BCUT2D eigenvalue weighted by Crippen LogP contribution is 2.33. The number of anilines is 2. The van der Waals surface area contributed by atoms with Crippen LogP contribution in [0.5, 0.6) is 0 Å². The van der Waals surface area contributed by atoms with Gasteiger partial charge in [-0.25, -0.2) is 36.7 Å². The Hall–Kier alpha value is -8.97. The largest absolute Gasteiger partial charge is 0.466 e. The number of alkyl halides is 1. The van der Waals surface area contributed by atoms with Crippen LogP contribution in [0.1, 0.15) is 81.6 Å². The van der Waals surface area contributed by atoms with E-state index in [2.05, 4.69) is 49.0 Å². The third-order valence-corrected chi connectivity index (χ3v) is 19.2. The number of aryl methyl sites for hydroxylation is 2. The van der Waals surface area contributed by atoms with Crippen LogP contribution in [0.15, 0.2) is 144 Å². The summed E-state index contributed by atoms with van der Waals surface area (Å²) in [4.78, 5) is 96.8. The second-order valence-electron chi connectivity index (χ2n) is 21.6. The molecule has 0 unspecified atom stereocenters. The molecular weight excluding hydrogens is 1290 g/mol. The molecule has 0 N–H and O–H groups in total. The van der Waals surface area contributed by atoms with Gasteiger partial charge in [-0.1, -0.05) is 146 Å². The summed E-state index contributed by atoms with van der Waals surface area (Å²) >= 11 is 3.22. The number of likely N-dealkylation sites (tertiary alicyclic amines) is 2. The monoisotopic (exact) mass is 1360 g/mol. The molecule has 3 aliphatic heterocycles. The lowest BCUT2D eigenvalue weighted by molar-refractivity contribution is -0.142. The van der Waals surface area contributed by atoms with Crippen molar-refractivity contribution in [1.29, 1.82) is 0 Å².